The van der Waals surface area contributed by atoms with Crippen molar-refractivity contribution in [3.8, 4) is 5.75 Å². The van der Waals surface area contributed by atoms with Crippen LogP contribution in [0, 0.1) is 0 Å². The molecule has 0 bridgehead atoms. The first kappa shape index (κ1) is 21.8. The molecule has 1 unspecified atom stereocenters. The molecule has 0 saturated carbocycles. The Labute approximate surface area is 175 Å². The maximum absolute atomic E-state index is 6.22. The maximum Gasteiger partial charge on any atom is 0.186 e. The second-order valence-corrected chi connectivity index (χ2v) is 7.39. The molecule has 5 nitrogen and oxygen atoms in total. The Kier molecular flexibility index (Phi) is 8.07. The molecular formula is C24H34N2O3. The second-order valence-electron chi connectivity index (χ2n) is 7.39. The number of piperidine rings is 1. The Bertz CT molecular complexity index is 732. The molecule has 1 fully saturated rings. The van der Waals surface area contributed by atoms with E-state index in [1.807, 2.05) is 32.0 Å². The quantitative estimate of drug-likeness (QED) is 0.616. The average Bonchev–Trinajstić information content (AvgIpc) is 2.75. The molecule has 1 saturated heterocycles. The van der Waals surface area contributed by atoms with Crippen molar-refractivity contribution in [2.24, 2.45) is 0 Å². The molecular weight excluding hydrogens is 364 g/mol. The molecule has 3 rings (SSSR count). The van der Waals surface area contributed by atoms with Crippen molar-refractivity contribution >= 4 is 0 Å². The Morgan fingerprint density at radius 3 is 2.38 bits per heavy atom. The van der Waals surface area contributed by atoms with Gasteiger partial charge in [0.15, 0.2) is 5.79 Å². The van der Waals surface area contributed by atoms with Gasteiger partial charge in [0.2, 0.25) is 0 Å². The van der Waals surface area contributed by atoms with Crippen molar-refractivity contribution in [3.05, 3.63) is 65.7 Å². The molecule has 158 valence electrons. The maximum atomic E-state index is 6.22. The van der Waals surface area contributed by atoms with Crippen LogP contribution in [0.1, 0.15) is 31.4 Å². The number of nitrogens with one attached hydrogen (secondary N) is 1. The molecule has 5 heteroatoms. The summed E-state index contributed by atoms with van der Waals surface area (Å²) in [5, 5.41) is 3.72. The highest BCUT2D eigenvalue weighted by atomic mass is 16.7. The van der Waals surface area contributed by atoms with Crippen LogP contribution >= 0.6 is 0 Å². The normalized spacial score (nSPS) is 19.2. The van der Waals surface area contributed by atoms with Crippen LogP contribution in [0.2, 0.25) is 0 Å². The number of benzene rings is 2. The molecule has 0 radical (unpaired) electrons. The van der Waals surface area contributed by atoms with Gasteiger partial charge in [-0.05, 0) is 25.5 Å². The Balaban J connectivity index is 1.75. The van der Waals surface area contributed by atoms with E-state index in [4.69, 9.17) is 14.2 Å². The number of hydrogen-bond acceptors (Lipinski definition) is 5. The summed E-state index contributed by atoms with van der Waals surface area (Å²) in [5.74, 6) is 0.300. The Hall–Kier alpha value is -1.92. The molecule has 1 aliphatic rings. The average molecular weight is 399 g/mol. The van der Waals surface area contributed by atoms with Gasteiger partial charge in [0, 0.05) is 51.4 Å². The minimum absolute atomic E-state index is 0.0600. The van der Waals surface area contributed by atoms with Crippen LogP contribution in [0.25, 0.3) is 0 Å². The molecule has 0 aromatic heterocycles. The number of methoxy groups -OCH3 is 1. The van der Waals surface area contributed by atoms with E-state index in [0.29, 0.717) is 19.8 Å². The van der Waals surface area contributed by atoms with E-state index in [2.05, 4.69) is 46.6 Å². The monoisotopic (exact) mass is 398 g/mol. The summed E-state index contributed by atoms with van der Waals surface area (Å²) >= 11 is 0. The first-order chi connectivity index (χ1) is 14.2. The number of nitrogens with zero attached hydrogens (tertiary/aromatic N) is 1. The first-order valence-corrected chi connectivity index (χ1v) is 10.6. The van der Waals surface area contributed by atoms with Gasteiger partial charge < -0.3 is 19.5 Å². The van der Waals surface area contributed by atoms with E-state index >= 15 is 0 Å². The predicted molar refractivity (Wildman–Crippen MR) is 116 cm³/mol. The molecule has 29 heavy (non-hydrogen) atoms. The van der Waals surface area contributed by atoms with Crippen LogP contribution in [-0.2, 0) is 22.6 Å². The van der Waals surface area contributed by atoms with E-state index in [1.165, 1.54) is 5.56 Å². The topological polar surface area (TPSA) is 43.0 Å². The molecule has 1 atom stereocenters. The summed E-state index contributed by atoms with van der Waals surface area (Å²) in [5.41, 5.74) is 2.47. The number of hydrogen-bond donors (Lipinski definition) is 1. The minimum Gasteiger partial charge on any atom is -0.496 e. The van der Waals surface area contributed by atoms with Gasteiger partial charge in [-0.15, -0.1) is 0 Å². The minimum atomic E-state index is -0.599. The highest BCUT2D eigenvalue weighted by Crippen LogP contribution is 2.30. The van der Waals surface area contributed by atoms with Crippen molar-refractivity contribution in [1.29, 1.82) is 0 Å². The molecule has 1 N–H and O–H groups in total. The van der Waals surface area contributed by atoms with Crippen LogP contribution in [0.3, 0.4) is 0 Å². The highest BCUT2D eigenvalue weighted by Gasteiger charge is 2.44. The summed E-state index contributed by atoms with van der Waals surface area (Å²) in [7, 11) is 1.71. The number of para-hydroxylation sites is 1. The highest BCUT2D eigenvalue weighted by molar-refractivity contribution is 5.33. The summed E-state index contributed by atoms with van der Waals surface area (Å²) in [6.45, 7) is 8.78. The third kappa shape index (κ3) is 5.58. The van der Waals surface area contributed by atoms with E-state index in [1.54, 1.807) is 7.11 Å². The Morgan fingerprint density at radius 2 is 1.69 bits per heavy atom. The van der Waals surface area contributed by atoms with Crippen LogP contribution in [0.5, 0.6) is 5.75 Å². The zero-order valence-corrected chi connectivity index (χ0v) is 17.9. The van der Waals surface area contributed by atoms with E-state index in [0.717, 1.165) is 37.4 Å². The fourth-order valence-corrected chi connectivity index (χ4v) is 4.14. The SMILES string of the molecule is CCOC1(OCC)CCN(Cc2ccccc2)CC1NCc1ccccc1OC. The van der Waals surface area contributed by atoms with Gasteiger partial charge in [0.05, 0.1) is 13.2 Å². The number of rotatable bonds is 10. The molecule has 1 heterocycles. The molecule has 0 amide bonds. The van der Waals surface area contributed by atoms with Crippen LogP contribution < -0.4 is 10.1 Å². The lowest BCUT2D eigenvalue weighted by Crippen LogP contribution is -2.63. The van der Waals surface area contributed by atoms with Gasteiger partial charge in [0.1, 0.15) is 5.75 Å². The van der Waals surface area contributed by atoms with Gasteiger partial charge in [-0.3, -0.25) is 4.90 Å². The van der Waals surface area contributed by atoms with E-state index < -0.39 is 5.79 Å². The lowest BCUT2D eigenvalue weighted by atomic mass is 9.96. The van der Waals surface area contributed by atoms with E-state index in [9.17, 15) is 0 Å². The van der Waals surface area contributed by atoms with Gasteiger partial charge >= 0.3 is 0 Å². The van der Waals surface area contributed by atoms with Crippen molar-refractivity contribution < 1.29 is 14.2 Å². The van der Waals surface area contributed by atoms with Gasteiger partial charge in [0.25, 0.3) is 0 Å². The first-order valence-electron chi connectivity index (χ1n) is 10.6. The fraction of sp³-hybridized carbons (Fsp3) is 0.500. The lowest BCUT2D eigenvalue weighted by Gasteiger charge is -2.47. The summed E-state index contributed by atoms with van der Waals surface area (Å²) in [6, 6.07) is 18.8. The largest absolute Gasteiger partial charge is 0.496 e. The molecule has 0 aliphatic carbocycles. The van der Waals surface area contributed by atoms with Crippen molar-refractivity contribution in [3.63, 3.8) is 0 Å². The van der Waals surface area contributed by atoms with Gasteiger partial charge in [-0.25, -0.2) is 0 Å². The molecule has 1 aliphatic heterocycles. The van der Waals surface area contributed by atoms with Crippen LogP contribution in [-0.4, -0.2) is 50.1 Å². The molecule has 2 aromatic rings. The summed E-state index contributed by atoms with van der Waals surface area (Å²) in [6.07, 6.45) is 0.838. The predicted octanol–water partition coefficient (Wildman–Crippen LogP) is 3.83. The second kappa shape index (κ2) is 10.7. The zero-order chi connectivity index (χ0) is 20.5. The zero-order valence-electron chi connectivity index (χ0n) is 17.9. The van der Waals surface area contributed by atoms with Gasteiger partial charge in [-0.1, -0.05) is 48.5 Å². The number of likely N-dealkylation sites (tertiary alicyclic amines) is 1. The van der Waals surface area contributed by atoms with Gasteiger partial charge in [-0.2, -0.15) is 0 Å². The third-order valence-electron chi connectivity index (χ3n) is 5.51. The molecule has 2 aromatic carbocycles. The van der Waals surface area contributed by atoms with Crippen molar-refractivity contribution in [2.75, 3.05) is 33.4 Å². The lowest BCUT2D eigenvalue weighted by molar-refractivity contribution is -0.268. The molecule has 0 spiro atoms. The Morgan fingerprint density at radius 1 is 1.00 bits per heavy atom. The smallest absolute Gasteiger partial charge is 0.186 e. The van der Waals surface area contributed by atoms with Crippen LogP contribution in [0.15, 0.2) is 54.6 Å². The standard InChI is InChI=1S/C24H34N2O3/c1-4-28-24(29-5-2)15-16-26(18-20-11-7-6-8-12-20)19-23(24)25-17-21-13-9-10-14-22(21)27-3/h6-14,23,25H,4-5,15-19H2,1-3H3. The third-order valence-corrected chi connectivity index (χ3v) is 5.51. The van der Waals surface area contributed by atoms with Crippen molar-refractivity contribution in [2.45, 2.75) is 45.2 Å². The summed E-state index contributed by atoms with van der Waals surface area (Å²) in [4.78, 5) is 2.48. The van der Waals surface area contributed by atoms with Crippen molar-refractivity contribution in [1.82, 2.24) is 10.2 Å². The number of ether oxygens (including phenoxy) is 3. The van der Waals surface area contributed by atoms with Crippen LogP contribution in [0.4, 0.5) is 0 Å². The summed E-state index contributed by atoms with van der Waals surface area (Å²) < 4.78 is 18.0. The van der Waals surface area contributed by atoms with E-state index in [-0.39, 0.29) is 6.04 Å². The fourth-order valence-electron chi connectivity index (χ4n) is 4.14.